The van der Waals surface area contributed by atoms with Crippen LogP contribution in [0.5, 0.6) is 0 Å². The van der Waals surface area contributed by atoms with Crippen LogP contribution in [-0.4, -0.2) is 21.9 Å². The SMILES string of the molecule is O=C(NC1CCCCC1)c1cc(Nc2c(F)cccc2F)ncn1. The van der Waals surface area contributed by atoms with Gasteiger partial charge in [0.05, 0.1) is 0 Å². The van der Waals surface area contributed by atoms with Crippen LogP contribution >= 0.6 is 0 Å². The smallest absolute Gasteiger partial charge is 0.270 e. The molecule has 7 heteroatoms. The van der Waals surface area contributed by atoms with Crippen LogP contribution in [0.2, 0.25) is 0 Å². The first kappa shape index (κ1) is 16.3. The number of para-hydroxylation sites is 1. The molecule has 126 valence electrons. The number of hydrogen-bond donors (Lipinski definition) is 2. The molecule has 2 N–H and O–H groups in total. The van der Waals surface area contributed by atoms with E-state index in [9.17, 15) is 13.6 Å². The zero-order chi connectivity index (χ0) is 16.9. The Hall–Kier alpha value is -2.57. The molecule has 1 saturated carbocycles. The van der Waals surface area contributed by atoms with Crippen LogP contribution in [0.1, 0.15) is 42.6 Å². The second kappa shape index (κ2) is 7.33. The van der Waals surface area contributed by atoms with E-state index in [1.807, 2.05) is 0 Å². The molecule has 1 aromatic heterocycles. The first-order chi connectivity index (χ1) is 11.6. The maximum atomic E-state index is 13.7. The summed E-state index contributed by atoms with van der Waals surface area (Å²) in [6.45, 7) is 0. The molecule has 0 radical (unpaired) electrons. The molecule has 24 heavy (non-hydrogen) atoms. The van der Waals surface area contributed by atoms with E-state index in [1.54, 1.807) is 0 Å². The predicted molar refractivity (Wildman–Crippen MR) is 86.0 cm³/mol. The van der Waals surface area contributed by atoms with Gasteiger partial charge < -0.3 is 10.6 Å². The van der Waals surface area contributed by atoms with Crippen LogP contribution in [0, 0.1) is 11.6 Å². The van der Waals surface area contributed by atoms with Gasteiger partial charge in [-0.05, 0) is 25.0 Å². The highest BCUT2D eigenvalue weighted by Gasteiger charge is 2.18. The van der Waals surface area contributed by atoms with Gasteiger partial charge in [-0.2, -0.15) is 0 Å². The lowest BCUT2D eigenvalue weighted by Gasteiger charge is -2.22. The zero-order valence-electron chi connectivity index (χ0n) is 13.1. The summed E-state index contributed by atoms with van der Waals surface area (Å²) in [7, 11) is 0. The Balaban J connectivity index is 1.73. The number of benzene rings is 1. The largest absolute Gasteiger partial charge is 0.348 e. The zero-order valence-corrected chi connectivity index (χ0v) is 13.1. The molecule has 1 aromatic carbocycles. The van der Waals surface area contributed by atoms with Gasteiger partial charge in [-0.1, -0.05) is 25.3 Å². The average Bonchev–Trinajstić information content (AvgIpc) is 2.59. The van der Waals surface area contributed by atoms with Crippen LogP contribution in [0.4, 0.5) is 20.3 Å². The fraction of sp³-hybridized carbons (Fsp3) is 0.353. The lowest BCUT2D eigenvalue weighted by atomic mass is 9.95. The number of nitrogens with one attached hydrogen (secondary N) is 2. The molecule has 3 rings (SSSR count). The molecule has 5 nitrogen and oxygen atoms in total. The monoisotopic (exact) mass is 332 g/mol. The lowest BCUT2D eigenvalue weighted by Crippen LogP contribution is -2.36. The summed E-state index contributed by atoms with van der Waals surface area (Å²) in [5.41, 5.74) is -0.148. The van der Waals surface area contributed by atoms with Crippen molar-refractivity contribution < 1.29 is 13.6 Å². The van der Waals surface area contributed by atoms with Crippen LogP contribution in [-0.2, 0) is 0 Å². The van der Waals surface area contributed by atoms with Crippen molar-refractivity contribution in [1.29, 1.82) is 0 Å². The summed E-state index contributed by atoms with van der Waals surface area (Å²) >= 11 is 0. The van der Waals surface area contributed by atoms with E-state index in [2.05, 4.69) is 20.6 Å². The second-order valence-electron chi connectivity index (χ2n) is 5.82. The first-order valence-corrected chi connectivity index (χ1v) is 7.97. The summed E-state index contributed by atoms with van der Waals surface area (Å²) in [4.78, 5) is 20.1. The van der Waals surface area contributed by atoms with Gasteiger partial charge in [0.25, 0.3) is 5.91 Å². The number of amides is 1. The van der Waals surface area contributed by atoms with Gasteiger partial charge in [0.2, 0.25) is 0 Å². The quantitative estimate of drug-likeness (QED) is 0.898. The van der Waals surface area contributed by atoms with Crippen LogP contribution in [0.25, 0.3) is 0 Å². The van der Waals surface area contributed by atoms with Crippen molar-refractivity contribution >= 4 is 17.4 Å². The standard InChI is InChI=1S/C17H18F2N4O/c18-12-7-4-8-13(19)16(12)23-15-9-14(20-10-21-15)17(24)22-11-5-2-1-3-6-11/h4,7-11H,1-3,5-6H2,(H,22,24)(H,20,21,23). The molecule has 1 heterocycles. The number of nitrogens with zero attached hydrogens (tertiary/aromatic N) is 2. The molecular weight excluding hydrogens is 314 g/mol. The van der Waals surface area contributed by atoms with Crippen molar-refractivity contribution in [2.45, 2.75) is 38.1 Å². The van der Waals surface area contributed by atoms with Gasteiger partial charge in [-0.25, -0.2) is 18.7 Å². The molecule has 0 aliphatic heterocycles. The molecule has 1 aliphatic rings. The minimum Gasteiger partial charge on any atom is -0.348 e. The Labute approximate surface area is 138 Å². The Morgan fingerprint density at radius 2 is 1.79 bits per heavy atom. The molecule has 0 saturated heterocycles. The topological polar surface area (TPSA) is 66.9 Å². The van der Waals surface area contributed by atoms with E-state index in [1.165, 1.54) is 24.9 Å². The molecular formula is C17H18F2N4O. The van der Waals surface area contributed by atoms with E-state index < -0.39 is 11.6 Å². The van der Waals surface area contributed by atoms with E-state index >= 15 is 0 Å². The average molecular weight is 332 g/mol. The predicted octanol–water partition coefficient (Wildman–Crippen LogP) is 3.56. The van der Waals surface area contributed by atoms with Crippen molar-refractivity contribution in [2.75, 3.05) is 5.32 Å². The molecule has 1 amide bonds. The minimum atomic E-state index is -0.734. The number of hydrogen-bond acceptors (Lipinski definition) is 4. The Morgan fingerprint density at radius 1 is 1.08 bits per heavy atom. The number of aromatic nitrogens is 2. The van der Waals surface area contributed by atoms with Gasteiger partial charge in [-0.3, -0.25) is 4.79 Å². The summed E-state index contributed by atoms with van der Waals surface area (Å²) in [6, 6.07) is 5.09. The maximum Gasteiger partial charge on any atom is 0.270 e. The number of anilines is 2. The van der Waals surface area contributed by atoms with Crippen LogP contribution in [0.3, 0.4) is 0 Å². The van der Waals surface area contributed by atoms with Gasteiger partial charge in [0.15, 0.2) is 0 Å². The Bertz CT molecular complexity index is 712. The number of rotatable bonds is 4. The fourth-order valence-corrected chi connectivity index (χ4v) is 2.80. The van der Waals surface area contributed by atoms with E-state index in [4.69, 9.17) is 0 Å². The molecule has 0 unspecified atom stereocenters. The number of carbonyl (C=O) groups excluding carboxylic acids is 1. The van der Waals surface area contributed by atoms with E-state index in [0.717, 1.165) is 37.8 Å². The number of carbonyl (C=O) groups is 1. The molecule has 1 aliphatic carbocycles. The van der Waals surface area contributed by atoms with E-state index in [0.29, 0.717) is 0 Å². The normalized spacial score (nSPS) is 15.1. The molecule has 0 bridgehead atoms. The first-order valence-electron chi connectivity index (χ1n) is 7.97. The van der Waals surface area contributed by atoms with E-state index in [-0.39, 0.29) is 29.1 Å². The van der Waals surface area contributed by atoms with Crippen molar-refractivity contribution in [3.05, 3.63) is 47.9 Å². The van der Waals surface area contributed by atoms with Crippen LogP contribution in [0.15, 0.2) is 30.6 Å². The molecule has 0 spiro atoms. The van der Waals surface area contributed by atoms with Gasteiger partial charge in [0, 0.05) is 12.1 Å². The maximum absolute atomic E-state index is 13.7. The third kappa shape index (κ3) is 3.84. The fourth-order valence-electron chi connectivity index (χ4n) is 2.80. The molecule has 2 aromatic rings. The van der Waals surface area contributed by atoms with Crippen molar-refractivity contribution in [3.8, 4) is 0 Å². The lowest BCUT2D eigenvalue weighted by molar-refractivity contribution is 0.0922. The van der Waals surface area contributed by atoms with Crippen molar-refractivity contribution in [1.82, 2.24) is 15.3 Å². The van der Waals surface area contributed by atoms with Crippen LogP contribution < -0.4 is 10.6 Å². The Morgan fingerprint density at radius 3 is 2.50 bits per heavy atom. The van der Waals surface area contributed by atoms with Gasteiger partial charge >= 0.3 is 0 Å². The Kier molecular flexibility index (Phi) is 4.98. The number of halogens is 2. The highest BCUT2D eigenvalue weighted by atomic mass is 19.1. The summed E-state index contributed by atoms with van der Waals surface area (Å²) < 4.78 is 27.4. The van der Waals surface area contributed by atoms with Crippen molar-refractivity contribution in [2.24, 2.45) is 0 Å². The highest BCUT2D eigenvalue weighted by molar-refractivity contribution is 5.93. The summed E-state index contributed by atoms with van der Waals surface area (Å²) in [5.74, 6) is -1.62. The van der Waals surface area contributed by atoms with Crippen molar-refractivity contribution in [3.63, 3.8) is 0 Å². The second-order valence-corrected chi connectivity index (χ2v) is 5.82. The minimum absolute atomic E-state index is 0.154. The highest BCUT2D eigenvalue weighted by Crippen LogP contribution is 2.22. The summed E-state index contributed by atoms with van der Waals surface area (Å²) in [6.07, 6.45) is 6.52. The molecule has 1 fully saturated rings. The molecule has 0 atom stereocenters. The summed E-state index contributed by atoms with van der Waals surface area (Å²) in [5, 5.41) is 5.50. The third-order valence-corrected chi connectivity index (χ3v) is 4.06. The third-order valence-electron chi connectivity index (χ3n) is 4.06. The van der Waals surface area contributed by atoms with Gasteiger partial charge in [0.1, 0.15) is 35.2 Å². The van der Waals surface area contributed by atoms with Gasteiger partial charge in [-0.15, -0.1) is 0 Å².